The Hall–Kier alpha value is -2.92. The van der Waals surface area contributed by atoms with Crippen LogP contribution in [0.5, 0.6) is 0 Å². The summed E-state index contributed by atoms with van der Waals surface area (Å²) in [5, 5.41) is 0. The van der Waals surface area contributed by atoms with E-state index in [0.29, 0.717) is 17.3 Å². The first-order valence-corrected chi connectivity index (χ1v) is 8.92. The number of aryl methyl sites for hydroxylation is 1. The van der Waals surface area contributed by atoms with Crippen molar-refractivity contribution in [1.29, 1.82) is 0 Å². The van der Waals surface area contributed by atoms with Crippen LogP contribution in [0.25, 0.3) is 6.08 Å². The lowest BCUT2D eigenvalue weighted by Crippen LogP contribution is -2.32. The smallest absolute Gasteiger partial charge is 0.282 e. The molecule has 128 valence electrons. The molecule has 1 aliphatic rings. The van der Waals surface area contributed by atoms with Crippen LogP contribution in [0, 0.1) is 6.92 Å². The van der Waals surface area contributed by atoms with Gasteiger partial charge < -0.3 is 4.42 Å². The first-order chi connectivity index (χ1) is 12.6. The van der Waals surface area contributed by atoms with Crippen molar-refractivity contribution in [3.63, 3.8) is 0 Å². The fourth-order valence-electron chi connectivity index (χ4n) is 2.82. The lowest BCUT2D eigenvalue weighted by Gasteiger charge is -2.19. The predicted molar refractivity (Wildman–Crippen MR) is 106 cm³/mol. The number of benzene rings is 2. The van der Waals surface area contributed by atoms with Gasteiger partial charge in [0.1, 0.15) is 17.3 Å². The molecule has 4 nitrogen and oxygen atoms in total. The Kier molecular flexibility index (Phi) is 4.31. The number of hydrogen-bond donors (Lipinski definition) is 0. The highest BCUT2D eigenvalue weighted by molar-refractivity contribution is 9.10. The van der Waals surface area contributed by atoms with Gasteiger partial charge in [-0.2, -0.15) is 0 Å². The highest BCUT2D eigenvalue weighted by Crippen LogP contribution is 2.29. The van der Waals surface area contributed by atoms with E-state index in [1.165, 1.54) is 0 Å². The highest BCUT2D eigenvalue weighted by atomic mass is 79.9. The van der Waals surface area contributed by atoms with Crippen molar-refractivity contribution < 1.29 is 9.21 Å². The Morgan fingerprint density at radius 1 is 1.08 bits per heavy atom. The second-order valence-electron chi connectivity index (χ2n) is 5.97. The zero-order valence-corrected chi connectivity index (χ0v) is 15.6. The topological polar surface area (TPSA) is 45.8 Å². The zero-order chi connectivity index (χ0) is 18.1. The summed E-state index contributed by atoms with van der Waals surface area (Å²) in [6, 6.07) is 19.1. The predicted octanol–water partition coefficient (Wildman–Crippen LogP) is 5.19. The third kappa shape index (κ3) is 3.13. The van der Waals surface area contributed by atoms with Gasteiger partial charge in [-0.3, -0.25) is 9.69 Å². The molecule has 0 atom stereocenters. The summed E-state index contributed by atoms with van der Waals surface area (Å²) in [5.41, 5.74) is 3.08. The van der Waals surface area contributed by atoms with Crippen LogP contribution < -0.4 is 4.90 Å². The van der Waals surface area contributed by atoms with E-state index < -0.39 is 0 Å². The van der Waals surface area contributed by atoms with Gasteiger partial charge >= 0.3 is 0 Å². The number of amides is 1. The monoisotopic (exact) mass is 406 g/mol. The van der Waals surface area contributed by atoms with Crippen molar-refractivity contribution in [2.45, 2.75) is 6.92 Å². The van der Waals surface area contributed by atoms with Crippen molar-refractivity contribution in [2.75, 3.05) is 4.90 Å². The number of carbonyl (C=O) groups excluding carboxylic acids is 1. The van der Waals surface area contributed by atoms with E-state index in [1.807, 2.05) is 55.5 Å². The summed E-state index contributed by atoms with van der Waals surface area (Å²) < 4.78 is 6.31. The first kappa shape index (κ1) is 16.5. The average Bonchev–Trinajstić information content (AvgIpc) is 3.25. The van der Waals surface area contributed by atoms with Gasteiger partial charge in [0.05, 0.1) is 12.0 Å². The maximum Gasteiger partial charge on any atom is 0.282 e. The fourth-order valence-corrected chi connectivity index (χ4v) is 3.09. The highest BCUT2D eigenvalue weighted by Gasteiger charge is 2.32. The van der Waals surface area contributed by atoms with Crippen LogP contribution in [0.15, 0.2) is 86.5 Å². The van der Waals surface area contributed by atoms with Crippen molar-refractivity contribution in [3.05, 3.63) is 94.0 Å². The first-order valence-electron chi connectivity index (χ1n) is 8.13. The van der Waals surface area contributed by atoms with E-state index in [1.54, 1.807) is 29.4 Å². The normalized spacial score (nSPS) is 15.6. The van der Waals surface area contributed by atoms with Gasteiger partial charge in [0.15, 0.2) is 0 Å². The fraction of sp³-hybridized carbons (Fsp3) is 0.0476. The molecule has 1 aliphatic heterocycles. The summed E-state index contributed by atoms with van der Waals surface area (Å²) in [6.07, 6.45) is 3.24. The van der Waals surface area contributed by atoms with Crippen LogP contribution in [0.3, 0.4) is 0 Å². The molecule has 5 heteroatoms. The van der Waals surface area contributed by atoms with E-state index >= 15 is 0 Å². The van der Waals surface area contributed by atoms with Gasteiger partial charge in [0, 0.05) is 16.1 Å². The number of rotatable bonds is 3. The molecule has 3 aromatic rings. The van der Waals surface area contributed by atoms with Crippen molar-refractivity contribution >= 4 is 39.4 Å². The van der Waals surface area contributed by atoms with Crippen LogP contribution in [0.4, 0.5) is 5.69 Å². The summed E-state index contributed by atoms with van der Waals surface area (Å²) in [6.45, 7) is 2.00. The number of amidine groups is 1. The summed E-state index contributed by atoms with van der Waals surface area (Å²) in [7, 11) is 0. The second kappa shape index (κ2) is 6.77. The standard InChI is InChI=1S/C21H15BrN2O2/c1-14-4-2-5-17(12-14)24-20(15-7-9-16(22)10-8-15)23-19(21(24)25)13-18-6-3-11-26-18/h2-13H,1H3/b19-13+. The molecule has 0 bridgehead atoms. The van der Waals surface area contributed by atoms with Crippen molar-refractivity contribution in [3.8, 4) is 0 Å². The van der Waals surface area contributed by atoms with Crippen LogP contribution in [0.2, 0.25) is 0 Å². The number of furan rings is 1. The molecule has 0 saturated heterocycles. The van der Waals surface area contributed by atoms with E-state index in [2.05, 4.69) is 20.9 Å². The van der Waals surface area contributed by atoms with Gasteiger partial charge in [-0.15, -0.1) is 0 Å². The molecule has 1 amide bonds. The van der Waals surface area contributed by atoms with Gasteiger partial charge in [0.25, 0.3) is 5.91 Å². The molecule has 0 fully saturated rings. The van der Waals surface area contributed by atoms with Crippen LogP contribution >= 0.6 is 15.9 Å². The lowest BCUT2D eigenvalue weighted by atomic mass is 10.1. The van der Waals surface area contributed by atoms with E-state index in [4.69, 9.17) is 4.42 Å². The molecule has 2 aromatic carbocycles. The molecule has 0 N–H and O–H groups in total. The Balaban J connectivity index is 1.84. The minimum absolute atomic E-state index is 0.176. The lowest BCUT2D eigenvalue weighted by molar-refractivity contribution is -0.113. The maximum absolute atomic E-state index is 13.1. The van der Waals surface area contributed by atoms with Crippen LogP contribution in [0.1, 0.15) is 16.9 Å². The van der Waals surface area contributed by atoms with Crippen molar-refractivity contribution in [1.82, 2.24) is 0 Å². The Labute approximate surface area is 159 Å². The molecule has 0 aliphatic carbocycles. The Morgan fingerprint density at radius 2 is 1.88 bits per heavy atom. The number of anilines is 1. The van der Waals surface area contributed by atoms with Crippen molar-refractivity contribution in [2.24, 2.45) is 4.99 Å². The molecule has 0 unspecified atom stereocenters. The average molecular weight is 407 g/mol. The van der Waals surface area contributed by atoms with E-state index in [-0.39, 0.29) is 5.91 Å². The minimum Gasteiger partial charge on any atom is -0.465 e. The van der Waals surface area contributed by atoms with Gasteiger partial charge in [0.2, 0.25) is 0 Å². The molecule has 4 rings (SSSR count). The molecule has 2 heterocycles. The quantitative estimate of drug-likeness (QED) is 0.562. The summed E-state index contributed by atoms with van der Waals surface area (Å²) in [4.78, 5) is 19.3. The molecule has 26 heavy (non-hydrogen) atoms. The van der Waals surface area contributed by atoms with Gasteiger partial charge in [-0.1, -0.05) is 40.2 Å². The third-order valence-corrected chi connectivity index (χ3v) is 4.57. The number of halogens is 1. The maximum atomic E-state index is 13.1. The van der Waals surface area contributed by atoms with E-state index in [0.717, 1.165) is 21.3 Å². The number of hydrogen-bond acceptors (Lipinski definition) is 3. The molecule has 0 radical (unpaired) electrons. The SMILES string of the molecule is Cc1cccc(N2C(=O)/C(=C\c3ccco3)N=C2c2ccc(Br)cc2)c1. The Bertz CT molecular complexity index is 1020. The van der Waals surface area contributed by atoms with Crippen LogP contribution in [-0.4, -0.2) is 11.7 Å². The molecule has 0 spiro atoms. The molecule has 1 aromatic heterocycles. The second-order valence-corrected chi connectivity index (χ2v) is 6.88. The number of nitrogens with zero attached hydrogens (tertiary/aromatic N) is 2. The van der Waals surface area contributed by atoms with Gasteiger partial charge in [-0.25, -0.2) is 4.99 Å². The van der Waals surface area contributed by atoms with Gasteiger partial charge in [-0.05, 0) is 48.9 Å². The number of aliphatic imine (C=N–C) groups is 1. The summed E-state index contributed by atoms with van der Waals surface area (Å²) >= 11 is 3.44. The minimum atomic E-state index is -0.176. The molecular formula is C21H15BrN2O2. The Morgan fingerprint density at radius 3 is 2.58 bits per heavy atom. The number of carbonyl (C=O) groups is 1. The van der Waals surface area contributed by atoms with E-state index in [9.17, 15) is 4.79 Å². The molecule has 0 saturated carbocycles. The zero-order valence-electron chi connectivity index (χ0n) is 14.0. The summed E-state index contributed by atoms with van der Waals surface area (Å²) in [5.74, 6) is 1.02. The van der Waals surface area contributed by atoms with Crippen LogP contribution in [-0.2, 0) is 4.79 Å². The third-order valence-electron chi connectivity index (χ3n) is 4.04. The molecular weight excluding hydrogens is 392 g/mol. The largest absolute Gasteiger partial charge is 0.465 e.